The van der Waals surface area contributed by atoms with Crippen LogP contribution < -0.4 is 5.73 Å². The van der Waals surface area contributed by atoms with Crippen molar-refractivity contribution < 1.29 is 0 Å². The molecule has 0 heterocycles. The fourth-order valence-corrected chi connectivity index (χ4v) is 2.43. The van der Waals surface area contributed by atoms with Crippen LogP contribution in [0.5, 0.6) is 0 Å². The highest BCUT2D eigenvalue weighted by Crippen LogP contribution is 2.35. The van der Waals surface area contributed by atoms with E-state index in [1.165, 1.54) is 11.1 Å². The standard InChI is InChI=1S/C18H23N/c1-18(2,3)17(19)16(14-10-6-4-7-11-14)15-12-8-5-9-13-15/h4-13,16-17H,19H2,1-3H3/t17-/m1/s1. The minimum Gasteiger partial charge on any atom is -0.326 e. The Bertz CT molecular complexity index is 457. The predicted molar refractivity (Wildman–Crippen MR) is 82.2 cm³/mol. The molecular weight excluding hydrogens is 230 g/mol. The highest BCUT2D eigenvalue weighted by atomic mass is 14.7. The number of hydrogen-bond donors (Lipinski definition) is 1. The van der Waals surface area contributed by atoms with Gasteiger partial charge in [-0.25, -0.2) is 0 Å². The fourth-order valence-electron chi connectivity index (χ4n) is 2.43. The second kappa shape index (κ2) is 5.58. The average molecular weight is 253 g/mol. The summed E-state index contributed by atoms with van der Waals surface area (Å²) < 4.78 is 0. The van der Waals surface area contributed by atoms with Gasteiger partial charge in [-0.1, -0.05) is 81.4 Å². The van der Waals surface area contributed by atoms with Gasteiger partial charge in [0.25, 0.3) is 0 Å². The van der Waals surface area contributed by atoms with Crippen molar-refractivity contribution in [3.8, 4) is 0 Å². The van der Waals surface area contributed by atoms with E-state index in [-0.39, 0.29) is 17.4 Å². The Morgan fingerprint density at radius 1 is 0.737 bits per heavy atom. The van der Waals surface area contributed by atoms with Crippen LogP contribution in [0.4, 0.5) is 0 Å². The van der Waals surface area contributed by atoms with Crippen LogP contribution >= 0.6 is 0 Å². The molecule has 0 bridgehead atoms. The minimum absolute atomic E-state index is 0.0658. The van der Waals surface area contributed by atoms with Gasteiger partial charge in [0.05, 0.1) is 0 Å². The number of hydrogen-bond acceptors (Lipinski definition) is 1. The van der Waals surface area contributed by atoms with Gasteiger partial charge in [0.2, 0.25) is 0 Å². The molecule has 0 aromatic heterocycles. The minimum atomic E-state index is 0.0658. The number of rotatable bonds is 3. The van der Waals surface area contributed by atoms with E-state index < -0.39 is 0 Å². The maximum atomic E-state index is 6.56. The summed E-state index contributed by atoms with van der Waals surface area (Å²) in [6, 6.07) is 21.2. The first kappa shape index (κ1) is 13.8. The molecule has 19 heavy (non-hydrogen) atoms. The van der Waals surface area contributed by atoms with Gasteiger partial charge in [-0.15, -0.1) is 0 Å². The quantitative estimate of drug-likeness (QED) is 0.872. The van der Waals surface area contributed by atoms with Crippen LogP contribution in [-0.4, -0.2) is 6.04 Å². The lowest BCUT2D eigenvalue weighted by Gasteiger charge is -2.35. The van der Waals surface area contributed by atoms with Crippen molar-refractivity contribution in [2.75, 3.05) is 0 Å². The van der Waals surface area contributed by atoms with E-state index in [2.05, 4.69) is 69.3 Å². The lowest BCUT2D eigenvalue weighted by molar-refractivity contribution is 0.297. The molecule has 2 N–H and O–H groups in total. The molecule has 2 aromatic carbocycles. The van der Waals surface area contributed by atoms with E-state index >= 15 is 0 Å². The Balaban J connectivity index is 2.46. The first-order valence-electron chi connectivity index (χ1n) is 6.85. The van der Waals surface area contributed by atoms with Crippen LogP contribution in [0.15, 0.2) is 60.7 Å². The van der Waals surface area contributed by atoms with Gasteiger partial charge >= 0.3 is 0 Å². The van der Waals surface area contributed by atoms with Crippen molar-refractivity contribution in [3.63, 3.8) is 0 Å². The van der Waals surface area contributed by atoms with E-state index in [1.807, 2.05) is 12.1 Å². The van der Waals surface area contributed by atoms with Gasteiger partial charge in [-0.05, 0) is 16.5 Å². The summed E-state index contributed by atoms with van der Waals surface area (Å²) in [6.07, 6.45) is 0. The Morgan fingerprint density at radius 3 is 1.42 bits per heavy atom. The lowest BCUT2D eigenvalue weighted by atomic mass is 9.74. The topological polar surface area (TPSA) is 26.0 Å². The van der Waals surface area contributed by atoms with Crippen molar-refractivity contribution in [2.24, 2.45) is 11.1 Å². The predicted octanol–water partition coefficient (Wildman–Crippen LogP) is 4.19. The van der Waals surface area contributed by atoms with Crippen LogP contribution in [0, 0.1) is 5.41 Å². The van der Waals surface area contributed by atoms with Crippen molar-refractivity contribution in [1.29, 1.82) is 0 Å². The van der Waals surface area contributed by atoms with Crippen molar-refractivity contribution in [2.45, 2.75) is 32.7 Å². The molecule has 2 aromatic rings. The normalized spacial score (nSPS) is 13.5. The van der Waals surface area contributed by atoms with Gasteiger partial charge < -0.3 is 5.73 Å². The summed E-state index contributed by atoms with van der Waals surface area (Å²) in [5.74, 6) is 0.238. The molecule has 0 aliphatic rings. The average Bonchev–Trinajstić information content (AvgIpc) is 2.40. The van der Waals surface area contributed by atoms with Gasteiger partial charge in [-0.2, -0.15) is 0 Å². The highest BCUT2D eigenvalue weighted by Gasteiger charge is 2.30. The lowest BCUT2D eigenvalue weighted by Crippen LogP contribution is -2.41. The number of nitrogens with two attached hydrogens (primary N) is 1. The summed E-state index contributed by atoms with van der Waals surface area (Å²) in [5.41, 5.74) is 9.20. The van der Waals surface area contributed by atoms with Gasteiger partial charge in [-0.3, -0.25) is 0 Å². The Hall–Kier alpha value is -1.60. The molecule has 0 spiro atoms. The second-order valence-corrected chi connectivity index (χ2v) is 6.19. The van der Waals surface area contributed by atoms with Gasteiger partial charge in [0.15, 0.2) is 0 Å². The Labute approximate surface area is 116 Å². The fraction of sp³-hybridized carbons (Fsp3) is 0.333. The first-order chi connectivity index (χ1) is 9.00. The summed E-state index contributed by atoms with van der Waals surface area (Å²) >= 11 is 0. The second-order valence-electron chi connectivity index (χ2n) is 6.19. The smallest absolute Gasteiger partial charge is 0.0246 e. The highest BCUT2D eigenvalue weighted by molar-refractivity contribution is 5.34. The monoisotopic (exact) mass is 253 g/mol. The molecule has 0 aliphatic carbocycles. The maximum absolute atomic E-state index is 6.56. The van der Waals surface area contributed by atoms with Crippen LogP contribution in [0.3, 0.4) is 0 Å². The zero-order valence-corrected chi connectivity index (χ0v) is 12.0. The summed E-state index contributed by atoms with van der Waals surface area (Å²) in [7, 11) is 0. The summed E-state index contributed by atoms with van der Waals surface area (Å²) in [6.45, 7) is 6.61. The van der Waals surface area contributed by atoms with Gasteiger partial charge in [0, 0.05) is 12.0 Å². The van der Waals surface area contributed by atoms with Crippen molar-refractivity contribution in [3.05, 3.63) is 71.8 Å². The molecule has 1 heteroatoms. The molecule has 1 nitrogen and oxygen atoms in total. The maximum Gasteiger partial charge on any atom is 0.0246 e. The van der Waals surface area contributed by atoms with Crippen LogP contribution in [0.25, 0.3) is 0 Å². The molecule has 0 amide bonds. The Kier molecular flexibility index (Phi) is 4.06. The SMILES string of the molecule is CC(C)(C)[C@H](N)C(c1ccccc1)c1ccccc1. The summed E-state index contributed by atoms with van der Waals surface area (Å²) in [5, 5.41) is 0. The molecule has 1 atom stereocenters. The van der Waals surface area contributed by atoms with E-state index in [0.29, 0.717) is 0 Å². The molecule has 0 aliphatic heterocycles. The van der Waals surface area contributed by atoms with Crippen LogP contribution in [0.2, 0.25) is 0 Å². The van der Waals surface area contributed by atoms with E-state index in [4.69, 9.17) is 5.73 Å². The third-order valence-electron chi connectivity index (χ3n) is 3.68. The first-order valence-corrected chi connectivity index (χ1v) is 6.85. The molecule has 0 radical (unpaired) electrons. The van der Waals surface area contributed by atoms with Crippen LogP contribution in [-0.2, 0) is 0 Å². The number of benzene rings is 2. The third kappa shape index (κ3) is 3.24. The molecule has 0 unspecified atom stereocenters. The zero-order chi connectivity index (χ0) is 13.9. The molecule has 100 valence electrons. The van der Waals surface area contributed by atoms with E-state index in [9.17, 15) is 0 Å². The molecule has 0 saturated carbocycles. The summed E-state index contributed by atoms with van der Waals surface area (Å²) in [4.78, 5) is 0. The molecule has 0 saturated heterocycles. The molecular formula is C18H23N. The van der Waals surface area contributed by atoms with E-state index in [0.717, 1.165) is 0 Å². The van der Waals surface area contributed by atoms with Crippen LogP contribution in [0.1, 0.15) is 37.8 Å². The van der Waals surface area contributed by atoms with Gasteiger partial charge in [0.1, 0.15) is 0 Å². The zero-order valence-electron chi connectivity index (χ0n) is 12.0. The largest absolute Gasteiger partial charge is 0.326 e. The third-order valence-corrected chi connectivity index (χ3v) is 3.68. The van der Waals surface area contributed by atoms with Crippen molar-refractivity contribution >= 4 is 0 Å². The Morgan fingerprint density at radius 2 is 1.11 bits per heavy atom. The van der Waals surface area contributed by atoms with E-state index in [1.54, 1.807) is 0 Å². The molecule has 2 rings (SSSR count). The molecule has 0 fully saturated rings. The van der Waals surface area contributed by atoms with Crippen molar-refractivity contribution in [1.82, 2.24) is 0 Å².